The molecule has 3 rings (SSSR count). The molecule has 0 atom stereocenters. The van der Waals surface area contributed by atoms with E-state index in [-0.39, 0.29) is 12.5 Å². The largest absolute Gasteiger partial charge is 0.484 e. The van der Waals surface area contributed by atoms with Crippen molar-refractivity contribution in [1.82, 2.24) is 0 Å². The Bertz CT molecular complexity index is 1000. The zero-order valence-corrected chi connectivity index (χ0v) is 14.4. The molecule has 1 heterocycles. The van der Waals surface area contributed by atoms with Gasteiger partial charge in [0, 0.05) is 23.2 Å². The minimum Gasteiger partial charge on any atom is -0.484 e. The average Bonchev–Trinajstić information content (AvgIpc) is 2.55. The molecule has 0 bridgehead atoms. The van der Waals surface area contributed by atoms with Gasteiger partial charge in [-0.3, -0.25) is 4.79 Å². The fourth-order valence-electron chi connectivity index (χ4n) is 2.55. The van der Waals surface area contributed by atoms with Crippen LogP contribution in [0.15, 0.2) is 51.7 Å². The van der Waals surface area contributed by atoms with Crippen molar-refractivity contribution in [1.29, 1.82) is 0 Å². The van der Waals surface area contributed by atoms with Gasteiger partial charge in [0.25, 0.3) is 5.91 Å². The number of aryl methyl sites for hydroxylation is 3. The maximum Gasteiger partial charge on any atom is 0.336 e. The quantitative estimate of drug-likeness (QED) is 0.737. The van der Waals surface area contributed by atoms with E-state index >= 15 is 0 Å². The van der Waals surface area contributed by atoms with Crippen LogP contribution in [0.2, 0.25) is 0 Å². The Labute approximate surface area is 145 Å². The summed E-state index contributed by atoms with van der Waals surface area (Å²) in [5.74, 6) is 0.367. The molecule has 5 heteroatoms. The number of benzene rings is 2. The van der Waals surface area contributed by atoms with Crippen LogP contribution in [0.5, 0.6) is 5.75 Å². The number of hydrogen-bond donors (Lipinski definition) is 1. The molecule has 3 aromatic rings. The summed E-state index contributed by atoms with van der Waals surface area (Å²) in [6, 6.07) is 12.3. The summed E-state index contributed by atoms with van der Waals surface area (Å²) >= 11 is 0. The van der Waals surface area contributed by atoms with Crippen molar-refractivity contribution in [2.45, 2.75) is 20.8 Å². The zero-order chi connectivity index (χ0) is 18.0. The third-order valence-corrected chi connectivity index (χ3v) is 4.08. The molecule has 0 aliphatic carbocycles. The third-order valence-electron chi connectivity index (χ3n) is 4.08. The Hall–Kier alpha value is -3.08. The van der Waals surface area contributed by atoms with E-state index in [2.05, 4.69) is 5.32 Å². The number of rotatable bonds is 4. The topological polar surface area (TPSA) is 68.5 Å². The molecule has 0 saturated heterocycles. The standard InChI is InChI=1S/C20H19NO4/c1-12-4-6-16(8-13(12)2)24-11-19(22)21-15-5-7-17-14(3)9-20(23)25-18(17)10-15/h4-10H,11H2,1-3H3,(H,21,22). The summed E-state index contributed by atoms with van der Waals surface area (Å²) in [4.78, 5) is 23.6. The van der Waals surface area contributed by atoms with Crippen LogP contribution < -0.4 is 15.7 Å². The summed E-state index contributed by atoms with van der Waals surface area (Å²) in [7, 11) is 0. The number of carbonyl (C=O) groups is 1. The van der Waals surface area contributed by atoms with Crippen molar-refractivity contribution in [2.24, 2.45) is 0 Å². The van der Waals surface area contributed by atoms with E-state index in [1.54, 1.807) is 12.1 Å². The molecule has 0 spiro atoms. The lowest BCUT2D eigenvalue weighted by atomic mass is 10.1. The second-order valence-corrected chi connectivity index (χ2v) is 6.04. The first-order chi connectivity index (χ1) is 11.9. The van der Waals surface area contributed by atoms with E-state index < -0.39 is 5.63 Å². The van der Waals surface area contributed by atoms with Gasteiger partial charge in [-0.15, -0.1) is 0 Å². The van der Waals surface area contributed by atoms with Crippen LogP contribution in [-0.4, -0.2) is 12.5 Å². The summed E-state index contributed by atoms with van der Waals surface area (Å²) in [6.07, 6.45) is 0. The van der Waals surface area contributed by atoms with Crippen molar-refractivity contribution in [3.63, 3.8) is 0 Å². The SMILES string of the molecule is Cc1ccc(OCC(=O)Nc2ccc3c(C)cc(=O)oc3c2)cc1C. The number of carbonyl (C=O) groups excluding carboxylic acids is 1. The fourth-order valence-corrected chi connectivity index (χ4v) is 2.55. The van der Waals surface area contributed by atoms with Crippen molar-refractivity contribution in [2.75, 3.05) is 11.9 Å². The molecule has 1 N–H and O–H groups in total. The molecular weight excluding hydrogens is 318 g/mol. The molecule has 5 nitrogen and oxygen atoms in total. The molecule has 1 aromatic heterocycles. The molecule has 2 aromatic carbocycles. The van der Waals surface area contributed by atoms with E-state index in [9.17, 15) is 9.59 Å². The van der Waals surface area contributed by atoms with Gasteiger partial charge < -0.3 is 14.5 Å². The van der Waals surface area contributed by atoms with Gasteiger partial charge in [-0.05, 0) is 61.7 Å². The van der Waals surface area contributed by atoms with Crippen molar-refractivity contribution < 1.29 is 13.9 Å². The van der Waals surface area contributed by atoms with Crippen LogP contribution in [0.25, 0.3) is 11.0 Å². The summed E-state index contributed by atoms with van der Waals surface area (Å²) in [5.41, 5.74) is 3.70. The van der Waals surface area contributed by atoms with Gasteiger partial charge in [-0.2, -0.15) is 0 Å². The highest BCUT2D eigenvalue weighted by atomic mass is 16.5. The van der Waals surface area contributed by atoms with Crippen LogP contribution in [0.3, 0.4) is 0 Å². The van der Waals surface area contributed by atoms with Gasteiger partial charge in [0.15, 0.2) is 6.61 Å². The lowest BCUT2D eigenvalue weighted by molar-refractivity contribution is -0.118. The summed E-state index contributed by atoms with van der Waals surface area (Å²) in [6.45, 7) is 5.76. The molecule has 1 amide bonds. The van der Waals surface area contributed by atoms with Gasteiger partial charge in [0.2, 0.25) is 0 Å². The highest BCUT2D eigenvalue weighted by molar-refractivity contribution is 5.94. The Kier molecular flexibility index (Phi) is 4.57. The molecule has 0 aliphatic heterocycles. The number of amides is 1. The van der Waals surface area contributed by atoms with E-state index in [4.69, 9.17) is 9.15 Å². The van der Waals surface area contributed by atoms with Crippen LogP contribution in [0.4, 0.5) is 5.69 Å². The van der Waals surface area contributed by atoms with Gasteiger partial charge in [0.05, 0.1) is 0 Å². The Balaban J connectivity index is 1.69. The zero-order valence-electron chi connectivity index (χ0n) is 14.4. The lowest BCUT2D eigenvalue weighted by Gasteiger charge is -2.09. The van der Waals surface area contributed by atoms with E-state index in [0.29, 0.717) is 17.0 Å². The first-order valence-corrected chi connectivity index (χ1v) is 7.97. The molecule has 128 valence electrons. The van der Waals surface area contributed by atoms with Crippen molar-refractivity contribution in [3.05, 3.63) is 69.6 Å². The Morgan fingerprint density at radius 3 is 2.56 bits per heavy atom. The molecule has 0 aliphatic rings. The van der Waals surface area contributed by atoms with Gasteiger partial charge in [-0.1, -0.05) is 6.07 Å². The molecule has 0 saturated carbocycles. The average molecular weight is 337 g/mol. The normalized spacial score (nSPS) is 10.7. The summed E-state index contributed by atoms with van der Waals surface area (Å²) in [5, 5.41) is 3.58. The minimum atomic E-state index is -0.411. The van der Waals surface area contributed by atoms with E-state index in [1.807, 2.05) is 45.0 Å². The number of anilines is 1. The molecule has 0 unspecified atom stereocenters. The monoisotopic (exact) mass is 337 g/mol. The molecule has 25 heavy (non-hydrogen) atoms. The minimum absolute atomic E-state index is 0.0989. The second-order valence-electron chi connectivity index (χ2n) is 6.04. The van der Waals surface area contributed by atoms with Crippen LogP contribution in [0.1, 0.15) is 16.7 Å². The highest BCUT2D eigenvalue weighted by Crippen LogP contribution is 2.21. The molecule has 0 fully saturated rings. The van der Waals surface area contributed by atoms with Crippen LogP contribution in [0, 0.1) is 20.8 Å². The van der Waals surface area contributed by atoms with Gasteiger partial charge in [-0.25, -0.2) is 4.79 Å². The first-order valence-electron chi connectivity index (χ1n) is 7.97. The molecular formula is C20H19NO4. The van der Waals surface area contributed by atoms with E-state index in [0.717, 1.165) is 16.5 Å². The first kappa shape index (κ1) is 16.8. The lowest BCUT2D eigenvalue weighted by Crippen LogP contribution is -2.20. The van der Waals surface area contributed by atoms with Crippen LogP contribution >= 0.6 is 0 Å². The van der Waals surface area contributed by atoms with E-state index in [1.165, 1.54) is 11.6 Å². The number of fused-ring (bicyclic) bond motifs is 1. The maximum atomic E-state index is 12.1. The fraction of sp³-hybridized carbons (Fsp3) is 0.200. The predicted molar refractivity (Wildman–Crippen MR) is 97.3 cm³/mol. The third kappa shape index (κ3) is 3.88. The predicted octanol–water partition coefficient (Wildman–Crippen LogP) is 3.74. The number of hydrogen-bond acceptors (Lipinski definition) is 4. The number of ether oxygens (including phenoxy) is 1. The number of nitrogens with one attached hydrogen (secondary N) is 1. The molecule has 0 radical (unpaired) electrons. The Morgan fingerprint density at radius 1 is 1.00 bits per heavy atom. The maximum absolute atomic E-state index is 12.1. The van der Waals surface area contributed by atoms with Gasteiger partial charge in [0.1, 0.15) is 11.3 Å². The second kappa shape index (κ2) is 6.81. The smallest absolute Gasteiger partial charge is 0.336 e. The summed E-state index contributed by atoms with van der Waals surface area (Å²) < 4.78 is 10.7. The van der Waals surface area contributed by atoms with Crippen molar-refractivity contribution in [3.8, 4) is 5.75 Å². The van der Waals surface area contributed by atoms with Gasteiger partial charge >= 0.3 is 5.63 Å². The Morgan fingerprint density at radius 2 is 1.80 bits per heavy atom. The van der Waals surface area contributed by atoms with Crippen molar-refractivity contribution >= 4 is 22.6 Å². The van der Waals surface area contributed by atoms with Crippen LogP contribution in [-0.2, 0) is 4.79 Å². The highest BCUT2D eigenvalue weighted by Gasteiger charge is 2.07.